The van der Waals surface area contributed by atoms with Crippen molar-refractivity contribution in [3.63, 3.8) is 0 Å². The van der Waals surface area contributed by atoms with Crippen LogP contribution in [0.4, 0.5) is 0 Å². The minimum Gasteiger partial charge on any atom is -0.492 e. The van der Waals surface area contributed by atoms with E-state index in [4.69, 9.17) is 9.47 Å². The standard InChI is InChI=1S/C18H27NO3/c1-18(2)10-15(5-7-22-18)11-19-6-8-21-17-4-3-14(13-20)9-16(17)12-19/h3-4,9,15,20H,5-8,10-13H2,1-2H3/t15-/m1/s1. The molecule has 2 aliphatic rings. The fourth-order valence-electron chi connectivity index (χ4n) is 3.64. The molecule has 1 aromatic rings. The van der Waals surface area contributed by atoms with Crippen molar-refractivity contribution in [2.24, 2.45) is 5.92 Å². The normalized spacial score (nSPS) is 25.1. The van der Waals surface area contributed by atoms with Gasteiger partial charge in [-0.05, 0) is 50.3 Å². The number of aliphatic hydroxyl groups is 1. The molecule has 22 heavy (non-hydrogen) atoms. The summed E-state index contributed by atoms with van der Waals surface area (Å²) in [4.78, 5) is 2.49. The van der Waals surface area contributed by atoms with Gasteiger partial charge in [0, 0.05) is 31.8 Å². The molecule has 1 aromatic carbocycles. The highest BCUT2D eigenvalue weighted by atomic mass is 16.5. The third-order valence-electron chi connectivity index (χ3n) is 4.68. The van der Waals surface area contributed by atoms with Crippen LogP contribution in [0, 0.1) is 5.92 Å². The van der Waals surface area contributed by atoms with Crippen LogP contribution >= 0.6 is 0 Å². The van der Waals surface area contributed by atoms with E-state index in [2.05, 4.69) is 24.8 Å². The Morgan fingerprint density at radius 1 is 1.32 bits per heavy atom. The lowest BCUT2D eigenvalue weighted by Gasteiger charge is -2.37. The number of hydrogen-bond acceptors (Lipinski definition) is 4. The maximum atomic E-state index is 9.33. The zero-order chi connectivity index (χ0) is 15.6. The summed E-state index contributed by atoms with van der Waals surface area (Å²) in [5.41, 5.74) is 2.15. The van der Waals surface area contributed by atoms with Crippen molar-refractivity contribution in [2.75, 3.05) is 26.3 Å². The van der Waals surface area contributed by atoms with Gasteiger partial charge in [-0.3, -0.25) is 4.90 Å². The van der Waals surface area contributed by atoms with E-state index in [1.165, 1.54) is 5.56 Å². The average molecular weight is 305 g/mol. The van der Waals surface area contributed by atoms with Crippen LogP contribution in [-0.2, 0) is 17.9 Å². The van der Waals surface area contributed by atoms with Gasteiger partial charge in [0.05, 0.1) is 12.2 Å². The maximum Gasteiger partial charge on any atom is 0.123 e. The number of benzene rings is 1. The summed E-state index contributed by atoms with van der Waals surface area (Å²) in [6, 6.07) is 6.00. The number of rotatable bonds is 3. The molecule has 0 spiro atoms. The maximum absolute atomic E-state index is 9.33. The van der Waals surface area contributed by atoms with Crippen LogP contribution in [0.5, 0.6) is 5.75 Å². The van der Waals surface area contributed by atoms with Crippen LogP contribution < -0.4 is 4.74 Å². The number of nitrogens with zero attached hydrogens (tertiary/aromatic N) is 1. The fourth-order valence-corrected chi connectivity index (χ4v) is 3.64. The van der Waals surface area contributed by atoms with E-state index in [-0.39, 0.29) is 12.2 Å². The zero-order valence-corrected chi connectivity index (χ0v) is 13.7. The van der Waals surface area contributed by atoms with Gasteiger partial charge in [-0.1, -0.05) is 6.07 Å². The van der Waals surface area contributed by atoms with Gasteiger partial charge in [-0.15, -0.1) is 0 Å². The second kappa shape index (κ2) is 6.57. The first-order valence-electron chi connectivity index (χ1n) is 8.27. The first kappa shape index (κ1) is 15.8. The molecule has 0 saturated carbocycles. The van der Waals surface area contributed by atoms with Crippen molar-refractivity contribution >= 4 is 0 Å². The van der Waals surface area contributed by atoms with E-state index in [0.29, 0.717) is 5.92 Å². The van der Waals surface area contributed by atoms with Gasteiger partial charge in [0.25, 0.3) is 0 Å². The number of hydrogen-bond donors (Lipinski definition) is 1. The molecule has 1 saturated heterocycles. The lowest BCUT2D eigenvalue weighted by molar-refractivity contribution is -0.0771. The van der Waals surface area contributed by atoms with E-state index >= 15 is 0 Å². The highest BCUT2D eigenvalue weighted by Gasteiger charge is 2.30. The van der Waals surface area contributed by atoms with Crippen molar-refractivity contribution in [1.82, 2.24) is 4.90 Å². The Bertz CT molecular complexity index is 515. The Morgan fingerprint density at radius 2 is 2.18 bits per heavy atom. The molecule has 0 radical (unpaired) electrons. The van der Waals surface area contributed by atoms with E-state index in [1.807, 2.05) is 12.1 Å². The SMILES string of the molecule is CC1(C)C[C@H](CN2CCOc3ccc(CO)cc3C2)CCO1. The van der Waals surface area contributed by atoms with E-state index in [9.17, 15) is 5.11 Å². The molecule has 3 rings (SSSR count). The fraction of sp³-hybridized carbons (Fsp3) is 0.667. The summed E-state index contributed by atoms with van der Waals surface area (Å²) in [7, 11) is 0. The monoisotopic (exact) mass is 305 g/mol. The highest BCUT2D eigenvalue weighted by molar-refractivity contribution is 5.37. The molecule has 1 fully saturated rings. The van der Waals surface area contributed by atoms with Crippen LogP contribution in [0.15, 0.2) is 18.2 Å². The second-order valence-corrected chi connectivity index (χ2v) is 7.15. The van der Waals surface area contributed by atoms with Crippen molar-refractivity contribution in [1.29, 1.82) is 0 Å². The van der Waals surface area contributed by atoms with E-state index < -0.39 is 0 Å². The predicted octanol–water partition coefficient (Wildman–Crippen LogP) is 2.58. The molecular weight excluding hydrogens is 278 g/mol. The quantitative estimate of drug-likeness (QED) is 0.932. The molecule has 0 aliphatic carbocycles. The third-order valence-corrected chi connectivity index (χ3v) is 4.68. The molecule has 0 amide bonds. The zero-order valence-electron chi connectivity index (χ0n) is 13.7. The largest absolute Gasteiger partial charge is 0.492 e. The van der Waals surface area contributed by atoms with Gasteiger partial charge in [0.2, 0.25) is 0 Å². The molecular formula is C18H27NO3. The van der Waals surface area contributed by atoms with Gasteiger partial charge in [0.1, 0.15) is 12.4 Å². The van der Waals surface area contributed by atoms with Crippen molar-refractivity contribution in [3.8, 4) is 5.75 Å². The van der Waals surface area contributed by atoms with Gasteiger partial charge in [-0.2, -0.15) is 0 Å². The van der Waals surface area contributed by atoms with Crippen LogP contribution in [0.1, 0.15) is 37.8 Å². The lowest BCUT2D eigenvalue weighted by atomic mass is 9.88. The Kier molecular flexibility index (Phi) is 4.71. The minimum absolute atomic E-state index is 0.00717. The minimum atomic E-state index is 0.00717. The predicted molar refractivity (Wildman–Crippen MR) is 85.9 cm³/mol. The number of fused-ring (bicyclic) bond motifs is 1. The molecule has 122 valence electrons. The van der Waals surface area contributed by atoms with E-state index in [1.54, 1.807) is 0 Å². The number of ether oxygens (including phenoxy) is 2. The third kappa shape index (κ3) is 3.80. The topological polar surface area (TPSA) is 41.9 Å². The smallest absolute Gasteiger partial charge is 0.123 e. The molecule has 0 bridgehead atoms. The van der Waals surface area contributed by atoms with Crippen LogP contribution in [0.3, 0.4) is 0 Å². The Morgan fingerprint density at radius 3 is 2.95 bits per heavy atom. The van der Waals surface area contributed by atoms with Crippen molar-refractivity contribution < 1.29 is 14.6 Å². The first-order valence-corrected chi connectivity index (χ1v) is 8.27. The molecule has 4 heteroatoms. The van der Waals surface area contributed by atoms with E-state index in [0.717, 1.165) is 57.0 Å². The first-order chi connectivity index (χ1) is 10.6. The van der Waals surface area contributed by atoms with Crippen LogP contribution in [0.2, 0.25) is 0 Å². The Labute approximate surface area is 133 Å². The van der Waals surface area contributed by atoms with Gasteiger partial charge in [-0.25, -0.2) is 0 Å². The molecule has 4 nitrogen and oxygen atoms in total. The highest BCUT2D eigenvalue weighted by Crippen LogP contribution is 2.31. The van der Waals surface area contributed by atoms with Crippen LogP contribution in [0.25, 0.3) is 0 Å². The average Bonchev–Trinajstić information content (AvgIpc) is 2.66. The van der Waals surface area contributed by atoms with Crippen molar-refractivity contribution in [2.45, 2.75) is 45.4 Å². The second-order valence-electron chi connectivity index (χ2n) is 7.15. The van der Waals surface area contributed by atoms with Gasteiger partial charge < -0.3 is 14.6 Å². The molecule has 1 atom stereocenters. The summed E-state index contributed by atoms with van der Waals surface area (Å²) >= 11 is 0. The molecule has 0 aromatic heterocycles. The Hall–Kier alpha value is -1.10. The summed E-state index contributed by atoms with van der Waals surface area (Å²) in [5, 5.41) is 9.33. The number of aliphatic hydroxyl groups excluding tert-OH is 1. The van der Waals surface area contributed by atoms with Gasteiger partial charge in [0.15, 0.2) is 0 Å². The summed E-state index contributed by atoms with van der Waals surface area (Å²) < 4.78 is 11.7. The molecule has 2 aliphatic heterocycles. The van der Waals surface area contributed by atoms with Gasteiger partial charge >= 0.3 is 0 Å². The summed E-state index contributed by atoms with van der Waals surface area (Å²) in [6.07, 6.45) is 2.26. The summed E-state index contributed by atoms with van der Waals surface area (Å²) in [6.45, 7) is 9.02. The lowest BCUT2D eigenvalue weighted by Crippen LogP contribution is -2.40. The summed E-state index contributed by atoms with van der Waals surface area (Å²) in [5.74, 6) is 1.65. The Balaban J connectivity index is 1.67. The molecule has 0 unspecified atom stereocenters. The molecule has 1 N–H and O–H groups in total. The van der Waals surface area contributed by atoms with Crippen molar-refractivity contribution in [3.05, 3.63) is 29.3 Å². The van der Waals surface area contributed by atoms with Crippen LogP contribution in [-0.4, -0.2) is 41.9 Å². The molecule has 2 heterocycles.